The van der Waals surface area contributed by atoms with E-state index in [0.29, 0.717) is 17.8 Å². The number of hydrogen-bond acceptors (Lipinski definition) is 4. The first-order valence-electron chi connectivity index (χ1n) is 12.0. The van der Waals surface area contributed by atoms with Crippen molar-refractivity contribution in [3.63, 3.8) is 0 Å². The molecule has 2 fully saturated rings. The lowest BCUT2D eigenvalue weighted by atomic mass is 9.54. The van der Waals surface area contributed by atoms with E-state index in [2.05, 4.69) is 69.6 Å². The lowest BCUT2D eigenvalue weighted by molar-refractivity contribution is -0.000308. The SMILES string of the molecule is CON=C1CCC2C3C(O[Si](C)(C)C)Cc4cc(O[Si](C)(C)C)ccc4C3CCC12C. The van der Waals surface area contributed by atoms with Crippen LogP contribution in [-0.2, 0) is 15.7 Å². The molecule has 5 atom stereocenters. The third-order valence-corrected chi connectivity index (χ3v) is 9.43. The van der Waals surface area contributed by atoms with E-state index in [-0.39, 0.29) is 11.5 Å². The van der Waals surface area contributed by atoms with Crippen molar-refractivity contribution in [2.45, 2.75) is 90.3 Å². The minimum atomic E-state index is -1.67. The van der Waals surface area contributed by atoms with Gasteiger partial charge < -0.3 is 13.7 Å². The van der Waals surface area contributed by atoms with Crippen molar-refractivity contribution >= 4 is 22.3 Å². The van der Waals surface area contributed by atoms with Gasteiger partial charge in [-0.3, -0.25) is 0 Å². The Bertz CT molecular complexity index is 857. The number of benzene rings is 1. The Kier molecular flexibility index (Phi) is 5.97. The molecule has 31 heavy (non-hydrogen) atoms. The molecule has 0 bridgehead atoms. The number of oxime groups is 1. The van der Waals surface area contributed by atoms with Crippen LogP contribution in [-0.4, -0.2) is 35.6 Å². The van der Waals surface area contributed by atoms with Gasteiger partial charge >= 0.3 is 0 Å². The van der Waals surface area contributed by atoms with Crippen LogP contribution >= 0.6 is 0 Å². The van der Waals surface area contributed by atoms with Crippen molar-refractivity contribution < 1.29 is 13.7 Å². The van der Waals surface area contributed by atoms with Gasteiger partial charge in [0.25, 0.3) is 0 Å². The van der Waals surface area contributed by atoms with Gasteiger partial charge in [0.2, 0.25) is 8.32 Å². The van der Waals surface area contributed by atoms with Crippen LogP contribution in [0.5, 0.6) is 5.75 Å². The van der Waals surface area contributed by atoms with Crippen LogP contribution in [0.25, 0.3) is 0 Å². The third-order valence-electron chi connectivity index (χ3n) is 7.57. The topological polar surface area (TPSA) is 40.0 Å². The van der Waals surface area contributed by atoms with Crippen molar-refractivity contribution in [3.05, 3.63) is 29.3 Å². The average Bonchev–Trinajstić information content (AvgIpc) is 2.95. The molecule has 0 N–H and O–H groups in total. The molecule has 3 aliphatic rings. The zero-order chi connectivity index (χ0) is 22.6. The minimum Gasteiger partial charge on any atom is -0.544 e. The highest BCUT2D eigenvalue weighted by atomic mass is 28.4. The summed E-state index contributed by atoms with van der Waals surface area (Å²) in [4.78, 5) is 5.25. The number of fused-ring (bicyclic) bond motifs is 5. The van der Waals surface area contributed by atoms with Gasteiger partial charge in [0, 0.05) is 5.41 Å². The Morgan fingerprint density at radius 1 is 1.03 bits per heavy atom. The van der Waals surface area contributed by atoms with Gasteiger partial charge in [-0.25, -0.2) is 0 Å². The largest absolute Gasteiger partial charge is 0.544 e. The van der Waals surface area contributed by atoms with Crippen molar-refractivity contribution in [2.24, 2.45) is 22.4 Å². The van der Waals surface area contributed by atoms with Gasteiger partial charge in [0.05, 0.1) is 11.8 Å². The maximum absolute atomic E-state index is 6.93. The van der Waals surface area contributed by atoms with E-state index < -0.39 is 16.6 Å². The Morgan fingerprint density at radius 2 is 1.77 bits per heavy atom. The highest BCUT2D eigenvalue weighted by Crippen LogP contribution is 2.60. The summed E-state index contributed by atoms with van der Waals surface area (Å²) in [5, 5.41) is 4.48. The molecule has 4 nitrogen and oxygen atoms in total. The van der Waals surface area contributed by atoms with Crippen LogP contribution in [0.2, 0.25) is 39.3 Å². The van der Waals surface area contributed by atoms with Gasteiger partial charge in [0.1, 0.15) is 12.9 Å². The molecule has 1 aromatic carbocycles. The fourth-order valence-electron chi connectivity index (χ4n) is 6.59. The Labute approximate surface area is 191 Å². The van der Waals surface area contributed by atoms with E-state index in [1.807, 2.05) is 0 Å². The maximum atomic E-state index is 6.93. The van der Waals surface area contributed by atoms with Crippen LogP contribution in [0.3, 0.4) is 0 Å². The molecule has 0 radical (unpaired) electrons. The lowest BCUT2D eigenvalue weighted by Crippen LogP contribution is -2.51. The molecule has 0 aliphatic heterocycles. The van der Waals surface area contributed by atoms with Gasteiger partial charge in [0.15, 0.2) is 8.32 Å². The molecule has 5 unspecified atom stereocenters. The molecule has 0 amide bonds. The molecule has 172 valence electrons. The molecule has 3 aliphatic carbocycles. The standard InChI is InChI=1S/C25H41NO3Si2/c1-25-14-13-20-19-10-9-18(28-30(3,4)5)15-17(19)16-22(29-31(6,7)8)24(20)21(25)11-12-23(25)26-27-2/h9-10,15,20-22,24H,11-14,16H2,1-8H3. The Morgan fingerprint density at radius 3 is 2.42 bits per heavy atom. The van der Waals surface area contributed by atoms with Crippen molar-refractivity contribution in [1.82, 2.24) is 0 Å². The van der Waals surface area contributed by atoms with Crippen LogP contribution < -0.4 is 4.43 Å². The van der Waals surface area contributed by atoms with E-state index in [4.69, 9.17) is 13.7 Å². The molecule has 1 aromatic rings. The first-order chi connectivity index (χ1) is 14.4. The minimum absolute atomic E-state index is 0.149. The molecule has 0 aromatic heterocycles. The van der Waals surface area contributed by atoms with Crippen LogP contribution in [0, 0.1) is 17.3 Å². The van der Waals surface area contributed by atoms with Gasteiger partial charge in [-0.1, -0.05) is 18.1 Å². The normalized spacial score (nSPS) is 34.1. The first-order valence-corrected chi connectivity index (χ1v) is 18.8. The maximum Gasteiger partial charge on any atom is 0.242 e. The quantitative estimate of drug-likeness (QED) is 0.368. The first kappa shape index (κ1) is 23.1. The highest BCUT2D eigenvalue weighted by molar-refractivity contribution is 6.70. The second kappa shape index (κ2) is 8.03. The fraction of sp³-hybridized carbons (Fsp3) is 0.720. The zero-order valence-electron chi connectivity index (χ0n) is 20.7. The molecular weight excluding hydrogens is 418 g/mol. The predicted octanol–water partition coefficient (Wildman–Crippen LogP) is 6.59. The van der Waals surface area contributed by atoms with E-state index in [9.17, 15) is 0 Å². The van der Waals surface area contributed by atoms with Crippen LogP contribution in [0.15, 0.2) is 23.4 Å². The summed E-state index contributed by atoms with van der Waals surface area (Å²) in [5.74, 6) is 2.80. The number of rotatable bonds is 5. The predicted molar refractivity (Wildman–Crippen MR) is 133 cm³/mol. The average molecular weight is 460 g/mol. The van der Waals surface area contributed by atoms with E-state index in [1.165, 1.54) is 30.5 Å². The van der Waals surface area contributed by atoms with E-state index >= 15 is 0 Å². The summed E-state index contributed by atoms with van der Waals surface area (Å²) in [5.41, 5.74) is 4.42. The van der Waals surface area contributed by atoms with Gasteiger partial charge in [-0.05, 0) is 112 Å². The number of nitrogens with zero attached hydrogens (tertiary/aromatic N) is 1. The van der Waals surface area contributed by atoms with E-state index in [1.54, 1.807) is 12.7 Å². The summed E-state index contributed by atoms with van der Waals surface area (Å²) in [6.07, 6.45) is 5.96. The summed E-state index contributed by atoms with van der Waals surface area (Å²) < 4.78 is 13.3. The van der Waals surface area contributed by atoms with E-state index in [0.717, 1.165) is 18.6 Å². The monoisotopic (exact) mass is 459 g/mol. The second-order valence-corrected chi connectivity index (χ2v) is 20.9. The summed E-state index contributed by atoms with van der Waals surface area (Å²) >= 11 is 0. The van der Waals surface area contributed by atoms with Crippen LogP contribution in [0.1, 0.15) is 49.7 Å². The van der Waals surface area contributed by atoms with Gasteiger partial charge in [-0.15, -0.1) is 0 Å². The van der Waals surface area contributed by atoms with Crippen molar-refractivity contribution in [2.75, 3.05) is 7.11 Å². The summed E-state index contributed by atoms with van der Waals surface area (Å²) in [6.45, 7) is 16.2. The highest BCUT2D eigenvalue weighted by Gasteiger charge is 2.57. The third kappa shape index (κ3) is 4.53. The molecule has 0 spiro atoms. The molecule has 0 saturated heterocycles. The number of hydrogen-bond donors (Lipinski definition) is 0. The van der Waals surface area contributed by atoms with Crippen molar-refractivity contribution in [1.29, 1.82) is 0 Å². The fourth-order valence-corrected chi connectivity index (χ4v) is 8.57. The molecular formula is C25H41NO3Si2. The summed E-state index contributed by atoms with van der Waals surface area (Å²) in [6, 6.07) is 6.91. The molecule has 4 rings (SSSR count). The lowest BCUT2D eigenvalue weighted by Gasteiger charge is -2.52. The smallest absolute Gasteiger partial charge is 0.242 e. The molecule has 0 heterocycles. The Hall–Kier alpha value is -1.12. The molecule has 2 saturated carbocycles. The second-order valence-electron chi connectivity index (χ2n) is 12.1. The molecule has 6 heteroatoms. The zero-order valence-corrected chi connectivity index (χ0v) is 22.7. The Balaban J connectivity index is 1.73. The summed E-state index contributed by atoms with van der Waals surface area (Å²) in [7, 11) is -1.62. The van der Waals surface area contributed by atoms with Gasteiger partial charge in [-0.2, -0.15) is 0 Å². The van der Waals surface area contributed by atoms with Crippen molar-refractivity contribution in [3.8, 4) is 5.75 Å². The van der Waals surface area contributed by atoms with Crippen LogP contribution in [0.4, 0.5) is 0 Å².